The largest absolute Gasteiger partial charge is 0.507 e. The average molecular weight is 546 g/mol. The van der Waals surface area contributed by atoms with Gasteiger partial charge in [0.1, 0.15) is 11.6 Å². The minimum Gasteiger partial charge on any atom is -0.507 e. The highest BCUT2D eigenvalue weighted by atomic mass is 79.9. The predicted octanol–water partition coefficient (Wildman–Crippen LogP) is 5.93. The maximum atomic E-state index is 10.6. The van der Waals surface area contributed by atoms with Crippen molar-refractivity contribution >= 4 is 44.5 Å². The zero-order chi connectivity index (χ0) is 25.3. The number of aromatic nitrogens is 3. The lowest BCUT2D eigenvalue weighted by Gasteiger charge is -2.11. The molecule has 8 heteroatoms. The summed E-state index contributed by atoms with van der Waals surface area (Å²) in [5.41, 5.74) is 2.88. The van der Waals surface area contributed by atoms with Gasteiger partial charge < -0.3 is 15.7 Å². The summed E-state index contributed by atoms with van der Waals surface area (Å²) in [6.07, 6.45) is 4.78. The first-order valence-corrected chi connectivity index (χ1v) is 12.6. The number of carbonyl (C=O) groups is 1. The van der Waals surface area contributed by atoms with Crippen molar-refractivity contribution in [3.63, 3.8) is 0 Å². The van der Waals surface area contributed by atoms with Crippen LogP contribution >= 0.6 is 15.9 Å². The highest BCUT2D eigenvalue weighted by molar-refractivity contribution is 9.10. The van der Waals surface area contributed by atoms with Gasteiger partial charge >= 0.3 is 0 Å². The molecule has 184 valence electrons. The van der Waals surface area contributed by atoms with E-state index < -0.39 is 0 Å². The Morgan fingerprint density at radius 1 is 1.00 bits per heavy atom. The molecule has 36 heavy (non-hydrogen) atoms. The summed E-state index contributed by atoms with van der Waals surface area (Å²) in [6, 6.07) is 22.7. The van der Waals surface area contributed by atoms with Gasteiger partial charge in [0.25, 0.3) is 0 Å². The van der Waals surface area contributed by atoms with Crippen molar-refractivity contribution < 1.29 is 9.90 Å². The van der Waals surface area contributed by atoms with Gasteiger partial charge in [-0.2, -0.15) is 9.61 Å². The maximum absolute atomic E-state index is 10.6. The van der Waals surface area contributed by atoms with Crippen molar-refractivity contribution in [1.82, 2.24) is 19.9 Å². The number of phenols is 1. The second-order valence-electron chi connectivity index (χ2n) is 8.20. The molecule has 0 bridgehead atoms. The smallest absolute Gasteiger partial charge is 0.172 e. The Hall–Kier alpha value is -3.75. The first-order valence-electron chi connectivity index (χ1n) is 11.8. The lowest BCUT2D eigenvalue weighted by molar-refractivity contribution is 0.112. The van der Waals surface area contributed by atoms with E-state index in [1.54, 1.807) is 22.8 Å². The van der Waals surface area contributed by atoms with Crippen LogP contribution in [-0.4, -0.2) is 46.1 Å². The van der Waals surface area contributed by atoms with E-state index in [1.807, 2.05) is 67.7 Å². The zero-order valence-electron chi connectivity index (χ0n) is 20.0. The molecule has 0 radical (unpaired) electrons. The molecular formula is C28H28BrN5O2. The number of nitrogens with zero attached hydrogens (tertiary/aromatic N) is 3. The van der Waals surface area contributed by atoms with E-state index in [1.165, 1.54) is 0 Å². The molecule has 2 aromatic heterocycles. The highest BCUT2D eigenvalue weighted by Gasteiger charge is 2.13. The lowest BCUT2D eigenvalue weighted by Crippen LogP contribution is -2.12. The van der Waals surface area contributed by atoms with Crippen molar-refractivity contribution in [3.05, 3.63) is 89.0 Å². The van der Waals surface area contributed by atoms with Crippen molar-refractivity contribution in [1.29, 1.82) is 0 Å². The molecule has 2 heterocycles. The molecular weight excluding hydrogens is 518 g/mol. The summed E-state index contributed by atoms with van der Waals surface area (Å²) in [4.78, 5) is 15.2. The third-order valence-electron chi connectivity index (χ3n) is 5.72. The Morgan fingerprint density at radius 3 is 2.56 bits per heavy atom. The summed E-state index contributed by atoms with van der Waals surface area (Å²) >= 11 is 3.48. The number of hydrogen-bond donors (Lipinski definition) is 3. The number of carbonyl (C=O) groups excluding carboxylic acids is 1. The summed E-state index contributed by atoms with van der Waals surface area (Å²) < 4.78 is 2.59. The number of rotatable bonds is 8. The van der Waals surface area contributed by atoms with Crippen LogP contribution in [-0.2, 0) is 0 Å². The minimum atomic E-state index is 0.213. The lowest BCUT2D eigenvalue weighted by atomic mass is 10.1. The van der Waals surface area contributed by atoms with Gasteiger partial charge in [-0.1, -0.05) is 54.6 Å². The van der Waals surface area contributed by atoms with Crippen LogP contribution in [0.5, 0.6) is 5.75 Å². The zero-order valence-corrected chi connectivity index (χ0v) is 21.6. The number of anilines is 1. The fraction of sp³-hybridized carbons (Fsp3) is 0.179. The van der Waals surface area contributed by atoms with Crippen molar-refractivity contribution in [3.8, 4) is 17.0 Å². The van der Waals surface area contributed by atoms with Gasteiger partial charge in [-0.05, 0) is 65.3 Å². The standard InChI is InChI=1S/C17H20BrN5O.C11H8O/c1-19-8-4-5-9-20-16-10-14(12-6-2-3-7-15(12)24)22-17-13(18)11-21-23(16)17;12-8-10-6-3-5-9-4-1-2-7-11(9)10/h2-3,6-7,10-11,19-20,24H,4-5,8-9H2,1H3;1-8H. The molecule has 0 atom stereocenters. The molecule has 3 N–H and O–H groups in total. The summed E-state index contributed by atoms with van der Waals surface area (Å²) in [6.45, 7) is 1.85. The van der Waals surface area contributed by atoms with Crippen LogP contribution < -0.4 is 10.6 Å². The van der Waals surface area contributed by atoms with Gasteiger partial charge in [-0.25, -0.2) is 4.98 Å². The highest BCUT2D eigenvalue weighted by Crippen LogP contribution is 2.31. The van der Waals surface area contributed by atoms with Crippen LogP contribution in [0.1, 0.15) is 23.2 Å². The van der Waals surface area contributed by atoms with Crippen LogP contribution in [0.25, 0.3) is 27.7 Å². The molecule has 0 aliphatic rings. The summed E-state index contributed by atoms with van der Waals surface area (Å²) in [5.74, 6) is 1.07. The van der Waals surface area contributed by atoms with Crippen LogP contribution in [0, 0.1) is 0 Å². The minimum absolute atomic E-state index is 0.213. The fourth-order valence-electron chi connectivity index (χ4n) is 3.89. The molecule has 0 saturated heterocycles. The molecule has 0 aliphatic carbocycles. The van der Waals surface area contributed by atoms with Crippen LogP contribution in [0.2, 0.25) is 0 Å². The molecule has 0 saturated carbocycles. The van der Waals surface area contributed by atoms with E-state index >= 15 is 0 Å². The number of halogens is 1. The molecule has 0 spiro atoms. The second kappa shape index (κ2) is 12.3. The first kappa shape index (κ1) is 25.3. The van der Waals surface area contributed by atoms with Gasteiger partial charge in [0, 0.05) is 23.7 Å². The van der Waals surface area contributed by atoms with Crippen LogP contribution in [0.3, 0.4) is 0 Å². The molecule has 3 aromatic carbocycles. The van der Waals surface area contributed by atoms with E-state index in [4.69, 9.17) is 0 Å². The number of aldehydes is 1. The first-order chi connectivity index (χ1) is 17.6. The molecule has 5 rings (SSSR count). The van der Waals surface area contributed by atoms with Crippen LogP contribution in [0.4, 0.5) is 5.82 Å². The fourth-order valence-corrected chi connectivity index (χ4v) is 4.23. The Morgan fingerprint density at radius 2 is 1.75 bits per heavy atom. The SMILES string of the molecule is CNCCCCNc1cc(-c2ccccc2O)nc2c(Br)cnn12.O=Cc1cccc2ccccc12. The third-order valence-corrected chi connectivity index (χ3v) is 6.28. The average Bonchev–Trinajstić information content (AvgIpc) is 3.29. The molecule has 5 aromatic rings. The number of benzene rings is 3. The number of aromatic hydroxyl groups is 1. The van der Waals surface area contributed by atoms with Gasteiger partial charge in [0.05, 0.1) is 16.4 Å². The number of fused-ring (bicyclic) bond motifs is 2. The third kappa shape index (κ3) is 5.90. The molecule has 0 fully saturated rings. The topological polar surface area (TPSA) is 91.5 Å². The molecule has 0 aliphatic heterocycles. The Labute approximate surface area is 218 Å². The van der Waals surface area contributed by atoms with Gasteiger partial charge in [-0.3, -0.25) is 4.79 Å². The number of phenolic OH excluding ortho intramolecular Hbond substituents is 1. The second-order valence-corrected chi connectivity index (χ2v) is 9.05. The monoisotopic (exact) mass is 545 g/mol. The normalized spacial score (nSPS) is 10.7. The van der Waals surface area contributed by atoms with Gasteiger partial charge in [-0.15, -0.1) is 0 Å². The maximum Gasteiger partial charge on any atom is 0.172 e. The predicted molar refractivity (Wildman–Crippen MR) is 149 cm³/mol. The van der Waals surface area contributed by atoms with E-state index in [-0.39, 0.29) is 5.75 Å². The van der Waals surface area contributed by atoms with E-state index in [2.05, 4.69) is 36.6 Å². The number of para-hydroxylation sites is 1. The summed E-state index contributed by atoms with van der Waals surface area (Å²) in [7, 11) is 1.96. The Bertz CT molecular complexity index is 1460. The van der Waals surface area contributed by atoms with E-state index in [0.29, 0.717) is 16.9 Å². The van der Waals surface area contributed by atoms with Crippen molar-refractivity contribution in [2.75, 3.05) is 25.5 Å². The van der Waals surface area contributed by atoms with E-state index in [9.17, 15) is 9.90 Å². The quantitative estimate of drug-likeness (QED) is 0.165. The van der Waals surface area contributed by atoms with Gasteiger partial charge in [0.15, 0.2) is 11.9 Å². The number of unbranched alkanes of at least 4 members (excludes halogenated alkanes) is 1. The number of hydrogen-bond acceptors (Lipinski definition) is 6. The number of nitrogens with one attached hydrogen (secondary N) is 2. The molecule has 0 unspecified atom stereocenters. The van der Waals surface area contributed by atoms with E-state index in [0.717, 1.165) is 58.8 Å². The van der Waals surface area contributed by atoms with Crippen LogP contribution in [0.15, 0.2) is 83.5 Å². The van der Waals surface area contributed by atoms with Gasteiger partial charge in [0.2, 0.25) is 0 Å². The molecule has 7 nitrogen and oxygen atoms in total. The van der Waals surface area contributed by atoms with Crippen molar-refractivity contribution in [2.24, 2.45) is 0 Å². The Balaban J connectivity index is 0.000000211. The van der Waals surface area contributed by atoms with Crippen molar-refractivity contribution in [2.45, 2.75) is 12.8 Å². The molecule has 0 amide bonds. The Kier molecular flexibility index (Phi) is 8.65. The summed E-state index contributed by atoms with van der Waals surface area (Å²) in [5, 5.41) is 23.2.